The summed E-state index contributed by atoms with van der Waals surface area (Å²) in [6.45, 7) is 8.21. The second kappa shape index (κ2) is 7.16. The van der Waals surface area contributed by atoms with Crippen LogP contribution >= 0.6 is 23.4 Å². The number of anilines is 1. The van der Waals surface area contributed by atoms with Gasteiger partial charge in [0.05, 0.1) is 17.8 Å². The van der Waals surface area contributed by atoms with E-state index < -0.39 is 11.4 Å². The van der Waals surface area contributed by atoms with E-state index in [2.05, 4.69) is 15.3 Å². The standard InChI is InChI=1S/C20H24ClFN4O2S/c1-9-14(11-7-23-17(21)13(22)16(11)25-18(9)29-5)24-15-10-6-12(15)26(8-10)19(27)28-20(2,3)4/h7,10,12,15H,6,8H2,1-5H3,(H,24,25). The summed E-state index contributed by atoms with van der Waals surface area (Å²) in [5.41, 5.74) is 1.41. The summed E-state index contributed by atoms with van der Waals surface area (Å²) in [7, 11) is 0. The summed E-state index contributed by atoms with van der Waals surface area (Å²) in [4.78, 5) is 22.8. The molecule has 29 heavy (non-hydrogen) atoms. The Labute approximate surface area is 178 Å². The average molecular weight is 439 g/mol. The van der Waals surface area contributed by atoms with Gasteiger partial charge in [-0.25, -0.2) is 19.2 Å². The normalized spacial score (nSPS) is 23.3. The molecule has 5 rings (SSSR count). The molecule has 3 aliphatic rings. The average Bonchev–Trinajstić information content (AvgIpc) is 3.22. The lowest BCUT2D eigenvalue weighted by molar-refractivity contribution is 0.0239. The van der Waals surface area contributed by atoms with Gasteiger partial charge in [-0.1, -0.05) is 11.6 Å². The van der Waals surface area contributed by atoms with E-state index in [-0.39, 0.29) is 28.8 Å². The van der Waals surface area contributed by atoms with Crippen LogP contribution in [0.15, 0.2) is 11.2 Å². The Kier molecular flexibility index (Phi) is 5.06. The third-order valence-corrected chi connectivity index (χ3v) is 6.61. The third-order valence-electron chi connectivity index (χ3n) is 5.56. The molecule has 9 heteroatoms. The van der Waals surface area contributed by atoms with Crippen LogP contribution in [0.3, 0.4) is 0 Å². The molecule has 6 nitrogen and oxygen atoms in total. The van der Waals surface area contributed by atoms with Crippen LogP contribution in [0.1, 0.15) is 32.8 Å². The highest BCUT2D eigenvalue weighted by Crippen LogP contribution is 2.45. The number of halogens is 2. The lowest BCUT2D eigenvalue weighted by Crippen LogP contribution is -2.50. The minimum atomic E-state index is -0.616. The topological polar surface area (TPSA) is 67.4 Å². The van der Waals surface area contributed by atoms with Crippen molar-refractivity contribution >= 4 is 46.0 Å². The Morgan fingerprint density at radius 2 is 2.17 bits per heavy atom. The fraction of sp³-hybridized carbons (Fsp3) is 0.550. The zero-order chi connectivity index (χ0) is 21.1. The molecule has 0 aromatic carbocycles. The molecule has 3 atom stereocenters. The van der Waals surface area contributed by atoms with Crippen LogP contribution in [0.25, 0.3) is 10.9 Å². The Balaban J connectivity index is 1.65. The number of amides is 1. The smallest absolute Gasteiger partial charge is 0.410 e. The van der Waals surface area contributed by atoms with E-state index in [0.717, 1.165) is 22.7 Å². The summed E-state index contributed by atoms with van der Waals surface area (Å²) in [6.07, 6.45) is 4.12. The van der Waals surface area contributed by atoms with Gasteiger partial charge in [-0.15, -0.1) is 11.8 Å². The predicted octanol–water partition coefficient (Wildman–Crippen LogP) is 4.87. The van der Waals surface area contributed by atoms with Crippen LogP contribution in [0, 0.1) is 18.7 Å². The van der Waals surface area contributed by atoms with Gasteiger partial charge in [-0.05, 0) is 40.4 Å². The molecular formula is C20H24ClFN4O2S. The van der Waals surface area contributed by atoms with Gasteiger partial charge in [0, 0.05) is 29.6 Å². The van der Waals surface area contributed by atoms with Crippen molar-refractivity contribution in [2.24, 2.45) is 5.92 Å². The Bertz CT molecular complexity index is 997. The Morgan fingerprint density at radius 3 is 2.83 bits per heavy atom. The molecule has 156 valence electrons. The van der Waals surface area contributed by atoms with E-state index in [4.69, 9.17) is 16.3 Å². The van der Waals surface area contributed by atoms with Gasteiger partial charge in [0.2, 0.25) is 0 Å². The molecule has 1 aliphatic carbocycles. The maximum atomic E-state index is 14.6. The van der Waals surface area contributed by atoms with Crippen LogP contribution < -0.4 is 5.32 Å². The van der Waals surface area contributed by atoms with Gasteiger partial charge in [-0.2, -0.15) is 0 Å². The second-order valence-electron chi connectivity index (χ2n) is 8.61. The molecule has 0 spiro atoms. The highest BCUT2D eigenvalue weighted by molar-refractivity contribution is 7.98. The summed E-state index contributed by atoms with van der Waals surface area (Å²) in [5.74, 6) is -0.285. The van der Waals surface area contributed by atoms with Gasteiger partial charge < -0.3 is 15.0 Å². The van der Waals surface area contributed by atoms with E-state index >= 15 is 0 Å². The monoisotopic (exact) mass is 438 g/mol. The molecule has 2 bridgehead atoms. The zero-order valence-corrected chi connectivity index (χ0v) is 18.6. The van der Waals surface area contributed by atoms with Crippen molar-refractivity contribution in [3.8, 4) is 0 Å². The Morgan fingerprint density at radius 1 is 1.45 bits per heavy atom. The lowest BCUT2D eigenvalue weighted by Gasteiger charge is -2.38. The van der Waals surface area contributed by atoms with Crippen molar-refractivity contribution < 1.29 is 13.9 Å². The highest BCUT2D eigenvalue weighted by Gasteiger charge is 2.55. The number of hydrogen-bond donors (Lipinski definition) is 1. The first-order valence-electron chi connectivity index (χ1n) is 9.55. The molecule has 3 fully saturated rings. The third kappa shape index (κ3) is 3.50. The summed E-state index contributed by atoms with van der Waals surface area (Å²) >= 11 is 7.33. The molecule has 3 unspecified atom stereocenters. The molecule has 1 N–H and O–H groups in total. The number of ether oxygens (including phenoxy) is 1. The van der Waals surface area contributed by atoms with Crippen LogP contribution in [0.2, 0.25) is 5.15 Å². The minimum absolute atomic E-state index is 0.0558. The summed E-state index contributed by atoms with van der Waals surface area (Å²) < 4.78 is 20.1. The molecule has 2 aromatic heterocycles. The van der Waals surface area contributed by atoms with Crippen molar-refractivity contribution in [3.05, 3.63) is 22.7 Å². The largest absolute Gasteiger partial charge is 0.444 e. The first-order chi connectivity index (χ1) is 13.6. The fourth-order valence-corrected chi connectivity index (χ4v) is 4.89. The number of carbonyl (C=O) groups is 1. The molecule has 2 aromatic rings. The van der Waals surface area contributed by atoms with Gasteiger partial charge in [0.15, 0.2) is 11.0 Å². The highest BCUT2D eigenvalue weighted by atomic mass is 35.5. The van der Waals surface area contributed by atoms with E-state index in [1.165, 1.54) is 11.8 Å². The van der Waals surface area contributed by atoms with Crippen molar-refractivity contribution in [3.63, 3.8) is 0 Å². The number of nitrogens with one attached hydrogen (secondary N) is 1. The van der Waals surface area contributed by atoms with Crippen molar-refractivity contribution in [1.29, 1.82) is 0 Å². The summed E-state index contributed by atoms with van der Waals surface area (Å²) in [5, 5.41) is 4.71. The molecule has 4 heterocycles. The number of nitrogens with zero attached hydrogens (tertiary/aromatic N) is 3. The number of carbonyl (C=O) groups excluding carboxylic acids is 1. The van der Waals surface area contributed by atoms with Crippen molar-refractivity contribution in [2.75, 3.05) is 18.1 Å². The number of fused-ring (bicyclic) bond motifs is 2. The lowest BCUT2D eigenvalue weighted by atomic mass is 9.79. The first-order valence-corrected chi connectivity index (χ1v) is 11.2. The van der Waals surface area contributed by atoms with Crippen LogP contribution in [-0.2, 0) is 4.74 Å². The number of pyridine rings is 2. The predicted molar refractivity (Wildman–Crippen MR) is 113 cm³/mol. The maximum absolute atomic E-state index is 14.6. The number of aromatic nitrogens is 2. The molecule has 2 saturated heterocycles. The van der Waals surface area contributed by atoms with Crippen LogP contribution in [0.5, 0.6) is 0 Å². The molecule has 1 saturated carbocycles. The first kappa shape index (κ1) is 20.5. The van der Waals surface area contributed by atoms with Gasteiger partial charge >= 0.3 is 6.09 Å². The van der Waals surface area contributed by atoms with Gasteiger partial charge in [0.25, 0.3) is 0 Å². The SMILES string of the molecule is CSc1nc2c(F)c(Cl)ncc2c(NC2C3CC2N(C(=O)OC(C)(C)C)C3)c1C. The van der Waals surface area contributed by atoms with Crippen LogP contribution in [0.4, 0.5) is 14.9 Å². The van der Waals surface area contributed by atoms with E-state index in [0.29, 0.717) is 17.8 Å². The van der Waals surface area contributed by atoms with E-state index in [1.807, 2.05) is 34.0 Å². The van der Waals surface area contributed by atoms with E-state index in [1.54, 1.807) is 11.1 Å². The molecule has 0 radical (unpaired) electrons. The minimum Gasteiger partial charge on any atom is -0.444 e. The quantitative estimate of drug-likeness (QED) is 0.544. The molecule has 2 aliphatic heterocycles. The van der Waals surface area contributed by atoms with Crippen molar-refractivity contribution in [2.45, 2.75) is 56.8 Å². The number of thioether (sulfide) groups is 1. The second-order valence-corrected chi connectivity index (χ2v) is 9.77. The zero-order valence-electron chi connectivity index (χ0n) is 17.0. The van der Waals surface area contributed by atoms with E-state index in [9.17, 15) is 9.18 Å². The van der Waals surface area contributed by atoms with Gasteiger partial charge in [-0.3, -0.25) is 0 Å². The summed E-state index contributed by atoms with van der Waals surface area (Å²) in [6, 6.07) is 0.139. The molecule has 1 amide bonds. The van der Waals surface area contributed by atoms with Gasteiger partial charge in [0.1, 0.15) is 16.1 Å². The van der Waals surface area contributed by atoms with Crippen molar-refractivity contribution in [1.82, 2.24) is 14.9 Å². The number of rotatable bonds is 3. The fourth-order valence-electron chi connectivity index (χ4n) is 4.16. The Hall–Kier alpha value is -1.80. The molecular weight excluding hydrogens is 415 g/mol. The van der Waals surface area contributed by atoms with Crippen LogP contribution in [-0.4, -0.2) is 51.4 Å². The maximum Gasteiger partial charge on any atom is 0.410 e. The number of hydrogen-bond acceptors (Lipinski definition) is 6.